The van der Waals surface area contributed by atoms with Crippen LogP contribution in [0.4, 0.5) is 24.5 Å². The minimum Gasteiger partial charge on any atom is -0.484 e. The van der Waals surface area contributed by atoms with E-state index in [9.17, 15) is 18.0 Å². The monoisotopic (exact) mass is 446 g/mol. The summed E-state index contributed by atoms with van der Waals surface area (Å²) in [5, 5.41) is 10.00. The molecule has 3 aromatic rings. The predicted octanol–water partition coefficient (Wildman–Crippen LogP) is 4.76. The van der Waals surface area contributed by atoms with Gasteiger partial charge in [0.2, 0.25) is 12.3 Å². The zero-order valence-corrected chi connectivity index (χ0v) is 17.1. The molecule has 1 fully saturated rings. The molecule has 2 heterocycles. The van der Waals surface area contributed by atoms with E-state index in [2.05, 4.69) is 15.5 Å². The van der Waals surface area contributed by atoms with Gasteiger partial charge in [0.15, 0.2) is 6.61 Å². The maximum absolute atomic E-state index is 13.2. The van der Waals surface area contributed by atoms with E-state index in [0.717, 1.165) is 44.5 Å². The van der Waals surface area contributed by atoms with Crippen LogP contribution in [0.2, 0.25) is 0 Å². The van der Waals surface area contributed by atoms with Crippen LogP contribution in [-0.2, 0) is 11.0 Å². The Morgan fingerprint density at radius 2 is 1.84 bits per heavy atom. The van der Waals surface area contributed by atoms with E-state index in [1.54, 1.807) is 24.3 Å². The summed E-state index contributed by atoms with van der Waals surface area (Å²) < 4.78 is 50.2. The SMILES string of the molecule is O=C(COc1ccc(-c2nnco2)cc1)Nc1cc(C(F)(F)F)ccc1N1CCCCC1. The fourth-order valence-electron chi connectivity index (χ4n) is 3.55. The third-order valence-corrected chi connectivity index (χ3v) is 5.13. The summed E-state index contributed by atoms with van der Waals surface area (Å²) in [7, 11) is 0. The minimum absolute atomic E-state index is 0.127. The summed E-state index contributed by atoms with van der Waals surface area (Å²) in [5.41, 5.74) is 0.581. The van der Waals surface area contributed by atoms with Crippen molar-refractivity contribution in [1.29, 1.82) is 0 Å². The second kappa shape index (κ2) is 9.29. The van der Waals surface area contributed by atoms with Gasteiger partial charge in [0.05, 0.1) is 16.9 Å². The maximum atomic E-state index is 13.2. The molecule has 1 N–H and O–H groups in total. The van der Waals surface area contributed by atoms with Crippen LogP contribution in [0.25, 0.3) is 11.5 Å². The van der Waals surface area contributed by atoms with Gasteiger partial charge in [-0.3, -0.25) is 4.79 Å². The topological polar surface area (TPSA) is 80.5 Å². The van der Waals surface area contributed by atoms with Crippen LogP contribution in [0.5, 0.6) is 5.75 Å². The van der Waals surface area contributed by atoms with Crippen LogP contribution in [0, 0.1) is 0 Å². The highest BCUT2D eigenvalue weighted by Crippen LogP contribution is 2.36. The number of anilines is 2. The number of hydrogen-bond acceptors (Lipinski definition) is 6. The van der Waals surface area contributed by atoms with E-state index in [4.69, 9.17) is 9.15 Å². The number of carbonyl (C=O) groups is 1. The van der Waals surface area contributed by atoms with Gasteiger partial charge in [0.1, 0.15) is 5.75 Å². The molecule has 0 bridgehead atoms. The van der Waals surface area contributed by atoms with Crippen LogP contribution in [-0.4, -0.2) is 35.8 Å². The quantitative estimate of drug-likeness (QED) is 0.588. The summed E-state index contributed by atoms with van der Waals surface area (Å²) in [6.07, 6.45) is -0.293. The fourth-order valence-corrected chi connectivity index (χ4v) is 3.55. The summed E-state index contributed by atoms with van der Waals surface area (Å²) in [6, 6.07) is 10.1. The molecule has 0 spiro atoms. The number of piperidine rings is 1. The van der Waals surface area contributed by atoms with Gasteiger partial charge in [-0.2, -0.15) is 13.2 Å². The molecule has 32 heavy (non-hydrogen) atoms. The highest BCUT2D eigenvalue weighted by Gasteiger charge is 2.32. The molecule has 10 heteroatoms. The molecule has 0 radical (unpaired) electrons. The number of aromatic nitrogens is 2. The lowest BCUT2D eigenvalue weighted by atomic mass is 10.1. The number of ether oxygens (including phenoxy) is 1. The molecule has 1 aromatic heterocycles. The first-order chi connectivity index (χ1) is 15.4. The van der Waals surface area contributed by atoms with E-state index in [1.165, 1.54) is 12.5 Å². The van der Waals surface area contributed by atoms with Gasteiger partial charge in [0.25, 0.3) is 5.91 Å². The first-order valence-corrected chi connectivity index (χ1v) is 10.2. The Kier molecular flexibility index (Phi) is 6.29. The smallest absolute Gasteiger partial charge is 0.416 e. The largest absolute Gasteiger partial charge is 0.484 e. The zero-order valence-electron chi connectivity index (χ0n) is 17.1. The van der Waals surface area contributed by atoms with Gasteiger partial charge in [0, 0.05) is 18.7 Å². The van der Waals surface area contributed by atoms with Crippen molar-refractivity contribution in [1.82, 2.24) is 10.2 Å². The number of amides is 1. The molecule has 0 saturated carbocycles. The molecular formula is C22H21F3N4O3. The Balaban J connectivity index is 1.44. The van der Waals surface area contributed by atoms with Crippen molar-refractivity contribution in [2.45, 2.75) is 25.4 Å². The maximum Gasteiger partial charge on any atom is 0.416 e. The van der Waals surface area contributed by atoms with Crippen LogP contribution >= 0.6 is 0 Å². The highest BCUT2D eigenvalue weighted by molar-refractivity contribution is 5.95. The molecule has 1 aliphatic heterocycles. The Morgan fingerprint density at radius 1 is 1.09 bits per heavy atom. The average Bonchev–Trinajstić information content (AvgIpc) is 3.33. The minimum atomic E-state index is -4.50. The van der Waals surface area contributed by atoms with Gasteiger partial charge < -0.3 is 19.4 Å². The van der Waals surface area contributed by atoms with Crippen LogP contribution < -0.4 is 15.0 Å². The molecule has 2 aromatic carbocycles. The lowest BCUT2D eigenvalue weighted by Crippen LogP contribution is -2.31. The van der Waals surface area contributed by atoms with Crippen LogP contribution in [0.15, 0.2) is 53.3 Å². The number of rotatable bonds is 6. The number of alkyl halides is 3. The number of hydrogen-bond donors (Lipinski definition) is 1. The number of benzene rings is 2. The molecule has 0 unspecified atom stereocenters. The van der Waals surface area contributed by atoms with Crippen molar-refractivity contribution in [3.63, 3.8) is 0 Å². The van der Waals surface area contributed by atoms with Crippen LogP contribution in [0.1, 0.15) is 24.8 Å². The third-order valence-electron chi connectivity index (χ3n) is 5.13. The lowest BCUT2D eigenvalue weighted by molar-refractivity contribution is -0.137. The average molecular weight is 446 g/mol. The van der Waals surface area contributed by atoms with E-state index in [0.29, 0.717) is 22.9 Å². The van der Waals surface area contributed by atoms with E-state index in [1.807, 2.05) is 4.90 Å². The summed E-state index contributed by atoms with van der Waals surface area (Å²) in [5.74, 6) is 0.219. The second-order valence-corrected chi connectivity index (χ2v) is 7.38. The zero-order chi connectivity index (χ0) is 22.6. The Hall–Kier alpha value is -3.56. The molecule has 168 valence electrons. The van der Waals surface area contributed by atoms with Crippen molar-refractivity contribution in [3.8, 4) is 17.2 Å². The molecule has 7 nitrogen and oxygen atoms in total. The molecule has 1 amide bonds. The Bertz CT molecular complexity index is 1050. The van der Waals surface area contributed by atoms with Gasteiger partial charge >= 0.3 is 6.18 Å². The standard InChI is InChI=1S/C22H21F3N4O3/c23-22(24,25)16-6-9-19(29-10-2-1-3-11-29)18(12-16)27-20(30)13-31-17-7-4-15(5-8-17)21-28-26-14-32-21/h4-9,12,14H,1-3,10-11,13H2,(H,27,30). The van der Waals surface area contributed by atoms with Crippen molar-refractivity contribution in [2.75, 3.05) is 29.9 Å². The number of nitrogens with zero attached hydrogens (tertiary/aromatic N) is 3. The summed E-state index contributed by atoms with van der Waals surface area (Å²) in [4.78, 5) is 14.5. The molecular weight excluding hydrogens is 425 g/mol. The van der Waals surface area contributed by atoms with Crippen molar-refractivity contribution in [3.05, 3.63) is 54.4 Å². The second-order valence-electron chi connectivity index (χ2n) is 7.38. The fraction of sp³-hybridized carbons (Fsp3) is 0.318. The number of halogens is 3. The van der Waals surface area contributed by atoms with Crippen molar-refractivity contribution in [2.24, 2.45) is 0 Å². The molecule has 0 atom stereocenters. The number of nitrogens with one attached hydrogen (secondary N) is 1. The first kappa shape index (κ1) is 21.7. The van der Waals surface area contributed by atoms with E-state index >= 15 is 0 Å². The van der Waals surface area contributed by atoms with Gasteiger partial charge in [-0.15, -0.1) is 10.2 Å². The van der Waals surface area contributed by atoms with Gasteiger partial charge in [-0.05, 0) is 61.7 Å². The van der Waals surface area contributed by atoms with Crippen molar-refractivity contribution >= 4 is 17.3 Å². The summed E-state index contributed by atoms with van der Waals surface area (Å²) in [6.45, 7) is 1.11. The highest BCUT2D eigenvalue weighted by atomic mass is 19.4. The van der Waals surface area contributed by atoms with Gasteiger partial charge in [-0.25, -0.2) is 0 Å². The normalized spacial score (nSPS) is 14.3. The first-order valence-electron chi connectivity index (χ1n) is 10.2. The van der Waals surface area contributed by atoms with Gasteiger partial charge in [-0.1, -0.05) is 0 Å². The summed E-state index contributed by atoms with van der Waals surface area (Å²) >= 11 is 0. The van der Waals surface area contributed by atoms with Crippen molar-refractivity contribution < 1.29 is 27.1 Å². The van der Waals surface area contributed by atoms with Crippen LogP contribution in [0.3, 0.4) is 0 Å². The Morgan fingerprint density at radius 3 is 2.50 bits per heavy atom. The number of carbonyl (C=O) groups excluding carboxylic acids is 1. The molecule has 4 rings (SSSR count). The third kappa shape index (κ3) is 5.19. The lowest BCUT2D eigenvalue weighted by Gasteiger charge is -2.31. The Labute approximate surface area is 182 Å². The predicted molar refractivity (Wildman–Crippen MR) is 111 cm³/mol. The molecule has 1 saturated heterocycles. The molecule has 1 aliphatic rings. The van der Waals surface area contributed by atoms with E-state index in [-0.39, 0.29) is 12.3 Å². The van der Waals surface area contributed by atoms with E-state index < -0.39 is 17.6 Å². The molecule has 0 aliphatic carbocycles.